The Kier molecular flexibility index (Phi) is 7.49. The first-order valence-electron chi connectivity index (χ1n) is 8.18. The minimum atomic E-state index is -4.29. The molecule has 26 heavy (non-hydrogen) atoms. The number of halogens is 3. The van der Waals surface area contributed by atoms with Gasteiger partial charge in [-0.15, -0.1) is 10.2 Å². The maximum atomic E-state index is 12.1. The van der Waals surface area contributed by atoms with Gasteiger partial charge in [0.05, 0.1) is 11.1 Å². The molecule has 0 amide bonds. The number of aryl methyl sites for hydroxylation is 3. The third-order valence-corrected chi connectivity index (χ3v) is 3.40. The summed E-state index contributed by atoms with van der Waals surface area (Å²) in [5.74, 6) is 0.469. The Morgan fingerprint density at radius 2 is 1.58 bits per heavy atom. The number of pyridine rings is 1. The van der Waals surface area contributed by atoms with Crippen LogP contribution in [0.3, 0.4) is 0 Å². The topological polar surface area (TPSA) is 64.7 Å². The lowest BCUT2D eigenvalue weighted by molar-refractivity contribution is -0.138. The zero-order chi connectivity index (χ0) is 19.9. The number of nitrogens with two attached hydrogens (primary N) is 1. The SMILES string of the molecule is CC.Cc1ccc(C(F)(F)F)c(C)n1.Cc1cccc2nnc(N)cc12. The number of rotatable bonds is 0. The van der Waals surface area contributed by atoms with Gasteiger partial charge in [-0.25, -0.2) is 0 Å². The van der Waals surface area contributed by atoms with E-state index in [2.05, 4.69) is 15.2 Å². The number of nitrogens with zero attached hydrogens (tertiary/aromatic N) is 3. The van der Waals surface area contributed by atoms with Crippen LogP contribution in [0.15, 0.2) is 36.4 Å². The Hall–Kier alpha value is -2.70. The quantitative estimate of drug-likeness (QED) is 0.591. The summed E-state index contributed by atoms with van der Waals surface area (Å²) in [6.07, 6.45) is -4.29. The van der Waals surface area contributed by atoms with Crippen LogP contribution in [0.5, 0.6) is 0 Å². The highest BCUT2D eigenvalue weighted by atomic mass is 19.4. The number of alkyl halides is 3. The summed E-state index contributed by atoms with van der Waals surface area (Å²) in [7, 11) is 0. The van der Waals surface area contributed by atoms with Crippen LogP contribution in [0.2, 0.25) is 0 Å². The third-order valence-electron chi connectivity index (χ3n) is 3.40. The van der Waals surface area contributed by atoms with Crippen molar-refractivity contribution >= 4 is 16.7 Å². The smallest absolute Gasteiger partial charge is 0.382 e. The third kappa shape index (κ3) is 5.68. The lowest BCUT2D eigenvalue weighted by Gasteiger charge is -2.08. The van der Waals surface area contributed by atoms with Crippen molar-refractivity contribution in [2.75, 3.05) is 5.73 Å². The Bertz CT molecular complexity index is 861. The second-order valence-electron chi connectivity index (χ2n) is 5.36. The highest BCUT2D eigenvalue weighted by molar-refractivity contribution is 5.83. The molecule has 2 aromatic heterocycles. The normalized spacial score (nSPS) is 10.5. The zero-order valence-corrected chi connectivity index (χ0v) is 15.5. The van der Waals surface area contributed by atoms with Crippen LogP contribution in [0.1, 0.15) is 36.4 Å². The second-order valence-corrected chi connectivity index (χ2v) is 5.36. The predicted molar refractivity (Wildman–Crippen MR) is 98.7 cm³/mol. The van der Waals surface area contributed by atoms with Gasteiger partial charge in [0.1, 0.15) is 5.82 Å². The lowest BCUT2D eigenvalue weighted by atomic mass is 10.1. The van der Waals surface area contributed by atoms with Gasteiger partial charge >= 0.3 is 6.18 Å². The maximum absolute atomic E-state index is 12.1. The van der Waals surface area contributed by atoms with Crippen molar-refractivity contribution in [2.24, 2.45) is 0 Å². The van der Waals surface area contributed by atoms with Gasteiger partial charge in [0, 0.05) is 16.8 Å². The molecular formula is C19H23F3N4. The van der Waals surface area contributed by atoms with Gasteiger partial charge in [-0.3, -0.25) is 4.98 Å². The molecule has 0 aliphatic rings. The number of anilines is 1. The standard InChI is InChI=1S/C9H9N3.C8H8F3N.C2H6/c1-6-3-2-4-8-7(6)5-9(10)12-11-8;1-5-3-4-7(6(2)12-5)8(9,10)11;1-2/h2-5H,1H3,(H2,10,12);3-4H,1-2H3;1-2H3. The zero-order valence-electron chi connectivity index (χ0n) is 15.5. The molecule has 0 radical (unpaired) electrons. The van der Waals surface area contributed by atoms with E-state index in [1.807, 2.05) is 45.0 Å². The van der Waals surface area contributed by atoms with Crippen LogP contribution in [0, 0.1) is 20.8 Å². The average Bonchev–Trinajstić information content (AvgIpc) is 2.57. The van der Waals surface area contributed by atoms with Crippen molar-refractivity contribution in [3.05, 3.63) is 58.9 Å². The molecule has 0 aliphatic heterocycles. The molecule has 1 aromatic carbocycles. The first-order valence-corrected chi connectivity index (χ1v) is 8.18. The molecule has 3 rings (SSSR count). The highest BCUT2D eigenvalue weighted by Gasteiger charge is 2.32. The van der Waals surface area contributed by atoms with Crippen molar-refractivity contribution in [1.29, 1.82) is 0 Å². The average molecular weight is 364 g/mol. The predicted octanol–water partition coefficient (Wildman–Crippen LogP) is 5.26. The van der Waals surface area contributed by atoms with Gasteiger partial charge < -0.3 is 5.73 Å². The number of hydrogen-bond donors (Lipinski definition) is 1. The summed E-state index contributed by atoms with van der Waals surface area (Å²) < 4.78 is 36.4. The van der Waals surface area contributed by atoms with Gasteiger partial charge in [0.15, 0.2) is 0 Å². The summed E-state index contributed by atoms with van der Waals surface area (Å²) in [6.45, 7) is 9.05. The Balaban J connectivity index is 0.000000238. The lowest BCUT2D eigenvalue weighted by Crippen LogP contribution is -2.08. The number of hydrogen-bond acceptors (Lipinski definition) is 4. The van der Waals surface area contributed by atoms with Gasteiger partial charge in [-0.05, 0) is 50.6 Å². The summed E-state index contributed by atoms with van der Waals surface area (Å²) in [6, 6.07) is 10.2. The van der Waals surface area contributed by atoms with Crippen molar-refractivity contribution in [3.63, 3.8) is 0 Å². The fraction of sp³-hybridized carbons (Fsp3) is 0.316. The van der Waals surface area contributed by atoms with Crippen LogP contribution in [-0.2, 0) is 6.18 Å². The molecule has 0 saturated heterocycles. The van der Waals surface area contributed by atoms with E-state index >= 15 is 0 Å². The van der Waals surface area contributed by atoms with E-state index in [0.717, 1.165) is 17.0 Å². The number of fused-ring (bicyclic) bond motifs is 1. The molecular weight excluding hydrogens is 341 g/mol. The number of aromatic nitrogens is 3. The fourth-order valence-corrected chi connectivity index (χ4v) is 2.21. The fourth-order valence-electron chi connectivity index (χ4n) is 2.21. The molecule has 0 bridgehead atoms. The van der Waals surface area contributed by atoms with Gasteiger partial charge in [-0.2, -0.15) is 13.2 Å². The van der Waals surface area contributed by atoms with Gasteiger partial charge in [0.2, 0.25) is 0 Å². The largest absolute Gasteiger partial charge is 0.418 e. The van der Waals surface area contributed by atoms with Crippen molar-refractivity contribution in [3.8, 4) is 0 Å². The minimum absolute atomic E-state index is 0.0301. The molecule has 2 N–H and O–H groups in total. The van der Waals surface area contributed by atoms with Crippen LogP contribution in [0.4, 0.5) is 19.0 Å². The molecule has 4 nitrogen and oxygen atoms in total. The molecule has 2 heterocycles. The molecule has 0 fully saturated rings. The molecule has 0 unspecified atom stereocenters. The van der Waals surface area contributed by atoms with Gasteiger partial charge in [0.25, 0.3) is 0 Å². The van der Waals surface area contributed by atoms with E-state index in [1.165, 1.54) is 18.6 Å². The second kappa shape index (κ2) is 9.12. The van der Waals surface area contributed by atoms with E-state index < -0.39 is 11.7 Å². The maximum Gasteiger partial charge on any atom is 0.418 e. The number of benzene rings is 1. The summed E-state index contributed by atoms with van der Waals surface area (Å²) in [4.78, 5) is 3.72. The minimum Gasteiger partial charge on any atom is -0.382 e. The van der Waals surface area contributed by atoms with Crippen LogP contribution in [-0.4, -0.2) is 15.2 Å². The van der Waals surface area contributed by atoms with Crippen LogP contribution >= 0.6 is 0 Å². The van der Waals surface area contributed by atoms with E-state index in [1.54, 1.807) is 6.92 Å². The Labute approximate surface area is 151 Å². The molecule has 0 saturated carbocycles. The molecule has 3 aromatic rings. The summed E-state index contributed by atoms with van der Waals surface area (Å²) in [5.41, 5.74) is 7.56. The van der Waals surface area contributed by atoms with Crippen LogP contribution < -0.4 is 5.73 Å². The van der Waals surface area contributed by atoms with Crippen molar-refractivity contribution in [1.82, 2.24) is 15.2 Å². The molecule has 0 spiro atoms. The van der Waals surface area contributed by atoms with Crippen molar-refractivity contribution < 1.29 is 13.2 Å². The van der Waals surface area contributed by atoms with E-state index in [-0.39, 0.29) is 5.69 Å². The van der Waals surface area contributed by atoms with Gasteiger partial charge in [-0.1, -0.05) is 26.0 Å². The molecule has 140 valence electrons. The van der Waals surface area contributed by atoms with E-state index in [9.17, 15) is 13.2 Å². The van der Waals surface area contributed by atoms with E-state index in [0.29, 0.717) is 11.5 Å². The summed E-state index contributed by atoms with van der Waals surface area (Å²) >= 11 is 0. The summed E-state index contributed by atoms with van der Waals surface area (Å²) in [5, 5.41) is 8.82. The first-order chi connectivity index (χ1) is 12.2. The van der Waals surface area contributed by atoms with Crippen molar-refractivity contribution in [2.45, 2.75) is 40.8 Å². The van der Waals surface area contributed by atoms with E-state index in [4.69, 9.17) is 5.73 Å². The van der Waals surface area contributed by atoms with Crippen LogP contribution in [0.25, 0.3) is 10.9 Å². The molecule has 0 aliphatic carbocycles. The first kappa shape index (κ1) is 21.3. The number of nitrogen functional groups attached to an aromatic ring is 1. The Morgan fingerprint density at radius 1 is 0.923 bits per heavy atom. The Morgan fingerprint density at radius 3 is 2.15 bits per heavy atom. The highest BCUT2D eigenvalue weighted by Crippen LogP contribution is 2.30. The monoisotopic (exact) mass is 364 g/mol. The molecule has 0 atom stereocenters. The molecule has 7 heteroatoms.